The van der Waals surface area contributed by atoms with Gasteiger partial charge in [-0.25, -0.2) is 0 Å². The smallest absolute Gasteiger partial charge is 0.198 e. The fourth-order valence-corrected chi connectivity index (χ4v) is 1.06. The van der Waals surface area contributed by atoms with Crippen molar-refractivity contribution >= 4 is 12.6 Å². The third-order valence-corrected chi connectivity index (χ3v) is 1.66. The van der Waals surface area contributed by atoms with Crippen LogP contribution in [0.3, 0.4) is 0 Å². The zero-order chi connectivity index (χ0) is 8.81. The molecule has 0 spiro atoms. The summed E-state index contributed by atoms with van der Waals surface area (Å²) in [6.45, 7) is 0.705. The standard InChI is InChI=1S/C9H10NO2/c11-7-2-1-5-10-6-3-4-9(10)8-12/h3-4,6,8H,1-2,5H2. The minimum absolute atomic E-state index is 0.427. The van der Waals surface area contributed by atoms with Crippen molar-refractivity contribution in [1.82, 2.24) is 4.57 Å². The van der Waals surface area contributed by atoms with Gasteiger partial charge < -0.3 is 4.57 Å². The molecule has 3 nitrogen and oxygen atoms in total. The number of carbonyl (C=O) groups excluding carboxylic acids is 2. The molecule has 63 valence electrons. The fourth-order valence-electron chi connectivity index (χ4n) is 1.06. The van der Waals surface area contributed by atoms with Crippen molar-refractivity contribution in [2.75, 3.05) is 0 Å². The van der Waals surface area contributed by atoms with Gasteiger partial charge in [-0.3, -0.25) is 9.59 Å². The fraction of sp³-hybridized carbons (Fsp3) is 0.333. The lowest BCUT2D eigenvalue weighted by atomic mass is 10.3. The van der Waals surface area contributed by atoms with Crippen LogP contribution in [0, 0.1) is 0 Å². The van der Waals surface area contributed by atoms with Gasteiger partial charge in [-0.2, -0.15) is 0 Å². The van der Waals surface area contributed by atoms with E-state index in [4.69, 9.17) is 0 Å². The lowest BCUT2D eigenvalue weighted by Crippen LogP contribution is -2.00. The quantitative estimate of drug-likeness (QED) is 0.484. The van der Waals surface area contributed by atoms with Gasteiger partial charge in [0.2, 0.25) is 0 Å². The van der Waals surface area contributed by atoms with Gasteiger partial charge in [-0.15, -0.1) is 0 Å². The molecule has 0 bridgehead atoms. The average Bonchev–Trinajstić information content (AvgIpc) is 2.52. The Morgan fingerprint density at radius 3 is 3.08 bits per heavy atom. The molecule has 0 aliphatic rings. The monoisotopic (exact) mass is 164 g/mol. The first-order valence-electron chi connectivity index (χ1n) is 3.84. The van der Waals surface area contributed by atoms with Gasteiger partial charge in [-0.05, 0) is 18.6 Å². The normalized spacial score (nSPS) is 9.67. The van der Waals surface area contributed by atoms with Gasteiger partial charge in [0.25, 0.3) is 0 Å². The van der Waals surface area contributed by atoms with Crippen molar-refractivity contribution in [1.29, 1.82) is 0 Å². The highest BCUT2D eigenvalue weighted by Crippen LogP contribution is 2.01. The first kappa shape index (κ1) is 8.71. The first-order valence-corrected chi connectivity index (χ1v) is 3.84. The molecule has 1 radical (unpaired) electrons. The van der Waals surface area contributed by atoms with E-state index in [9.17, 15) is 9.59 Å². The minimum Gasteiger partial charge on any atom is -0.345 e. The molecule has 0 atom stereocenters. The van der Waals surface area contributed by atoms with Crippen LogP contribution in [-0.4, -0.2) is 17.1 Å². The van der Waals surface area contributed by atoms with E-state index in [1.54, 1.807) is 6.07 Å². The lowest BCUT2D eigenvalue weighted by molar-refractivity contribution is 0.111. The summed E-state index contributed by atoms with van der Waals surface area (Å²) in [4.78, 5) is 20.3. The van der Waals surface area contributed by atoms with Crippen LogP contribution in [0.2, 0.25) is 0 Å². The maximum absolute atomic E-state index is 10.4. The lowest BCUT2D eigenvalue weighted by Gasteiger charge is -2.01. The zero-order valence-electron chi connectivity index (χ0n) is 6.69. The Morgan fingerprint density at radius 2 is 2.42 bits per heavy atom. The Balaban J connectivity index is 2.50. The number of aryl methyl sites for hydroxylation is 1. The third-order valence-electron chi connectivity index (χ3n) is 1.66. The molecule has 0 saturated heterocycles. The Labute approximate surface area is 71.0 Å². The van der Waals surface area contributed by atoms with Crippen molar-refractivity contribution in [3.8, 4) is 0 Å². The van der Waals surface area contributed by atoms with Crippen LogP contribution in [-0.2, 0) is 11.3 Å². The van der Waals surface area contributed by atoms with Crippen LogP contribution in [0.25, 0.3) is 0 Å². The summed E-state index contributed by atoms with van der Waals surface area (Å²) >= 11 is 0. The zero-order valence-corrected chi connectivity index (χ0v) is 6.69. The summed E-state index contributed by atoms with van der Waals surface area (Å²) < 4.78 is 1.82. The number of rotatable bonds is 5. The van der Waals surface area contributed by atoms with E-state index in [0.29, 0.717) is 18.7 Å². The molecule has 3 heteroatoms. The second-order valence-corrected chi connectivity index (χ2v) is 2.49. The number of unbranched alkanes of at least 4 members (excludes halogenated alkanes) is 1. The van der Waals surface area contributed by atoms with Gasteiger partial charge >= 0.3 is 0 Å². The number of nitrogens with zero attached hydrogens (tertiary/aromatic N) is 1. The number of aldehydes is 1. The molecule has 1 aromatic heterocycles. The van der Waals surface area contributed by atoms with Crippen LogP contribution >= 0.6 is 0 Å². The van der Waals surface area contributed by atoms with E-state index < -0.39 is 0 Å². The molecule has 1 aromatic rings. The van der Waals surface area contributed by atoms with Gasteiger partial charge in [0.05, 0.1) is 5.69 Å². The van der Waals surface area contributed by atoms with Crippen molar-refractivity contribution < 1.29 is 9.59 Å². The van der Waals surface area contributed by atoms with E-state index >= 15 is 0 Å². The number of hydrogen-bond acceptors (Lipinski definition) is 2. The van der Waals surface area contributed by atoms with E-state index in [0.717, 1.165) is 12.7 Å². The van der Waals surface area contributed by atoms with Crippen molar-refractivity contribution in [2.45, 2.75) is 19.4 Å². The second kappa shape index (κ2) is 4.49. The number of aromatic nitrogens is 1. The molecule has 0 aliphatic carbocycles. The molecule has 12 heavy (non-hydrogen) atoms. The predicted octanol–water partition coefficient (Wildman–Crippen LogP) is 1.19. The molecule has 0 N–H and O–H groups in total. The topological polar surface area (TPSA) is 39.1 Å². The molecular formula is C9H10NO2. The molecule has 1 heterocycles. The largest absolute Gasteiger partial charge is 0.345 e. The number of hydrogen-bond donors (Lipinski definition) is 0. The maximum atomic E-state index is 10.4. The van der Waals surface area contributed by atoms with Gasteiger partial charge in [0.15, 0.2) is 12.6 Å². The van der Waals surface area contributed by atoms with E-state index in [-0.39, 0.29) is 0 Å². The van der Waals surface area contributed by atoms with Crippen LogP contribution in [0.4, 0.5) is 0 Å². The molecular weight excluding hydrogens is 154 g/mol. The molecule has 0 saturated carbocycles. The molecule has 0 amide bonds. The van der Waals surface area contributed by atoms with Crippen molar-refractivity contribution in [3.63, 3.8) is 0 Å². The highest BCUT2D eigenvalue weighted by Gasteiger charge is 1.97. The summed E-state index contributed by atoms with van der Waals surface area (Å²) in [6, 6.07) is 3.56. The van der Waals surface area contributed by atoms with Gasteiger partial charge in [0, 0.05) is 19.2 Å². The molecule has 0 aromatic carbocycles. The summed E-state index contributed by atoms with van der Waals surface area (Å²) in [5.74, 6) is 0. The molecule has 0 unspecified atom stereocenters. The predicted molar refractivity (Wildman–Crippen MR) is 44.7 cm³/mol. The van der Waals surface area contributed by atoms with Gasteiger partial charge in [0.1, 0.15) is 0 Å². The number of carbonyl (C=O) groups is 1. The first-order chi connectivity index (χ1) is 5.88. The SMILES string of the molecule is O=[C]CCCn1cccc1C=O. The Morgan fingerprint density at radius 1 is 1.58 bits per heavy atom. The second-order valence-electron chi connectivity index (χ2n) is 2.49. The van der Waals surface area contributed by atoms with Crippen LogP contribution in [0.5, 0.6) is 0 Å². The highest BCUT2D eigenvalue weighted by atomic mass is 16.1. The summed E-state index contributed by atoms with van der Waals surface area (Å²) in [5.41, 5.74) is 0.654. The van der Waals surface area contributed by atoms with E-state index in [1.165, 1.54) is 0 Å². The Bertz CT molecular complexity index is 265. The van der Waals surface area contributed by atoms with Gasteiger partial charge in [-0.1, -0.05) is 0 Å². The summed E-state index contributed by atoms with van der Waals surface area (Å²) in [5, 5.41) is 0. The average molecular weight is 164 g/mol. The van der Waals surface area contributed by atoms with Crippen molar-refractivity contribution in [3.05, 3.63) is 24.0 Å². The Kier molecular flexibility index (Phi) is 3.26. The molecule has 0 aliphatic heterocycles. The Hall–Kier alpha value is -1.38. The molecule has 0 fully saturated rings. The molecule has 1 rings (SSSR count). The van der Waals surface area contributed by atoms with E-state index in [2.05, 4.69) is 0 Å². The van der Waals surface area contributed by atoms with E-state index in [1.807, 2.05) is 23.1 Å². The van der Waals surface area contributed by atoms with Crippen LogP contribution < -0.4 is 0 Å². The highest BCUT2D eigenvalue weighted by molar-refractivity contribution is 5.72. The summed E-state index contributed by atoms with van der Waals surface area (Å²) in [7, 11) is 0. The maximum Gasteiger partial charge on any atom is 0.198 e. The van der Waals surface area contributed by atoms with Crippen LogP contribution in [0.1, 0.15) is 23.3 Å². The summed E-state index contributed by atoms with van der Waals surface area (Å²) in [6.07, 6.45) is 5.62. The minimum atomic E-state index is 0.427. The van der Waals surface area contributed by atoms with Crippen molar-refractivity contribution in [2.24, 2.45) is 0 Å². The van der Waals surface area contributed by atoms with Crippen LogP contribution in [0.15, 0.2) is 18.3 Å². The third kappa shape index (κ3) is 2.05.